The second-order valence-electron chi connectivity index (χ2n) is 10.4. The number of rotatable bonds is 5. The van der Waals surface area contributed by atoms with Crippen molar-refractivity contribution in [1.82, 2.24) is 26.0 Å². The second-order valence-corrected chi connectivity index (χ2v) is 11.0. The number of piperidine rings is 1. The van der Waals surface area contributed by atoms with Gasteiger partial charge in [0.05, 0.1) is 18.2 Å². The molecule has 5 rings (SSSR count). The number of alkyl halides is 1. The molecule has 0 aromatic carbocycles. The Balaban J connectivity index is 1.22. The summed E-state index contributed by atoms with van der Waals surface area (Å²) >= 11 is 6.35. The number of amides is 2. The largest absolute Gasteiger partial charge is 0.382 e. The van der Waals surface area contributed by atoms with Gasteiger partial charge in [0, 0.05) is 50.6 Å². The summed E-state index contributed by atoms with van der Waals surface area (Å²) in [4.78, 5) is 30.6. The van der Waals surface area contributed by atoms with E-state index < -0.39 is 0 Å². The number of nitrogens with zero attached hydrogens (tertiary/aromatic N) is 2. The highest BCUT2D eigenvalue weighted by Gasteiger charge is 2.53. The maximum atomic E-state index is 13.4. The van der Waals surface area contributed by atoms with E-state index in [1.165, 1.54) is 0 Å². The third kappa shape index (κ3) is 3.99. The summed E-state index contributed by atoms with van der Waals surface area (Å²) in [6.45, 7) is 1.94. The molecule has 5 fully saturated rings. The van der Waals surface area contributed by atoms with Gasteiger partial charge in [-0.3, -0.25) is 15.0 Å². The van der Waals surface area contributed by atoms with E-state index in [9.17, 15) is 9.59 Å². The number of halogens is 1. The minimum Gasteiger partial charge on any atom is -0.382 e. The van der Waals surface area contributed by atoms with Crippen LogP contribution in [0.1, 0.15) is 44.9 Å². The molecule has 0 aromatic rings. The number of hydrazine groups is 1. The molecule has 3 aliphatic heterocycles. The van der Waals surface area contributed by atoms with Crippen LogP contribution in [-0.2, 0) is 14.3 Å². The van der Waals surface area contributed by atoms with Gasteiger partial charge in [-0.15, -0.1) is 11.6 Å². The zero-order valence-electron chi connectivity index (χ0n) is 18.6. The number of nitrogens with one attached hydrogen (secondary N) is 3. The molecule has 31 heavy (non-hydrogen) atoms. The number of fused-ring (bicyclic) bond motifs is 2. The Kier molecular flexibility index (Phi) is 5.97. The topological polar surface area (TPSA) is 85.9 Å². The van der Waals surface area contributed by atoms with Crippen LogP contribution in [0.15, 0.2) is 0 Å². The van der Waals surface area contributed by atoms with Crippen molar-refractivity contribution in [1.29, 1.82) is 0 Å². The van der Waals surface area contributed by atoms with Crippen LogP contribution in [0, 0.1) is 11.8 Å². The molecule has 0 spiro atoms. The molecule has 0 aromatic heterocycles. The first kappa shape index (κ1) is 21.9. The van der Waals surface area contributed by atoms with Crippen LogP contribution >= 0.6 is 11.6 Å². The van der Waals surface area contributed by atoms with E-state index in [1.54, 1.807) is 7.11 Å². The summed E-state index contributed by atoms with van der Waals surface area (Å²) in [5.41, 5.74) is 6.42. The Bertz CT molecular complexity index is 719. The van der Waals surface area contributed by atoms with E-state index in [2.05, 4.69) is 16.2 Å². The summed E-state index contributed by atoms with van der Waals surface area (Å²) in [5, 5.41) is 3.81. The van der Waals surface area contributed by atoms with E-state index in [0.29, 0.717) is 25.1 Å². The number of likely N-dealkylation sites (tertiary alicyclic amines) is 1. The smallest absolute Gasteiger partial charge is 0.241 e. The van der Waals surface area contributed by atoms with Crippen LogP contribution in [0.3, 0.4) is 0 Å². The van der Waals surface area contributed by atoms with Gasteiger partial charge < -0.3 is 19.9 Å². The third-order valence-corrected chi connectivity index (χ3v) is 8.95. The first-order valence-corrected chi connectivity index (χ1v) is 12.3. The van der Waals surface area contributed by atoms with Crippen molar-refractivity contribution in [3.8, 4) is 0 Å². The number of hydrogen-bond donors (Lipinski definition) is 3. The van der Waals surface area contributed by atoms with Gasteiger partial charge in [0.15, 0.2) is 0 Å². The lowest BCUT2D eigenvalue weighted by Crippen LogP contribution is -2.56. The van der Waals surface area contributed by atoms with Gasteiger partial charge >= 0.3 is 0 Å². The Morgan fingerprint density at radius 3 is 2.71 bits per heavy atom. The van der Waals surface area contributed by atoms with Crippen LogP contribution < -0.4 is 16.2 Å². The van der Waals surface area contributed by atoms with Gasteiger partial charge in [-0.25, -0.2) is 5.43 Å². The predicted molar refractivity (Wildman–Crippen MR) is 117 cm³/mol. The molecule has 3 saturated heterocycles. The number of ether oxygens (including phenoxy) is 1. The standard InChI is InChI=1S/C22H36ClN5O3/c1-27(22(6-7-22)12-31-2)21(30)19-15-11-28(8-5-16(15)25-26-19)20(29)18-9-13-3-4-14(23)10-17(13)24-18/h13-19,24-26H,3-12H2,1-2H3. The molecule has 0 bridgehead atoms. The lowest BCUT2D eigenvalue weighted by Gasteiger charge is -2.38. The normalized spacial score (nSPS) is 40.9. The molecule has 2 amide bonds. The van der Waals surface area contributed by atoms with Crippen LogP contribution in [0.5, 0.6) is 0 Å². The highest BCUT2D eigenvalue weighted by molar-refractivity contribution is 6.20. The van der Waals surface area contributed by atoms with Crippen molar-refractivity contribution in [3.63, 3.8) is 0 Å². The zero-order chi connectivity index (χ0) is 21.8. The number of likely N-dealkylation sites (N-methyl/N-ethyl adjacent to an activating group) is 1. The second kappa shape index (κ2) is 8.45. The number of methoxy groups -OCH3 is 1. The monoisotopic (exact) mass is 453 g/mol. The summed E-state index contributed by atoms with van der Waals surface area (Å²) in [5.74, 6) is 0.946. The number of carbonyl (C=O) groups excluding carboxylic acids is 2. The SMILES string of the molecule is COCC1(N(C)C(=O)C2NNC3CCN(C(=O)C4CC5CCC(Cl)CC5N4)CC32)CC1. The predicted octanol–water partition coefficient (Wildman–Crippen LogP) is 0.455. The van der Waals surface area contributed by atoms with Crippen molar-refractivity contribution in [2.75, 3.05) is 33.9 Å². The van der Waals surface area contributed by atoms with Crippen molar-refractivity contribution in [2.24, 2.45) is 11.8 Å². The average molecular weight is 454 g/mol. The minimum atomic E-state index is -0.309. The maximum absolute atomic E-state index is 13.4. The fourth-order valence-electron chi connectivity index (χ4n) is 6.37. The lowest BCUT2D eigenvalue weighted by molar-refractivity contribution is -0.140. The van der Waals surface area contributed by atoms with E-state index in [4.69, 9.17) is 16.3 Å². The molecule has 7 atom stereocenters. The summed E-state index contributed by atoms with van der Waals surface area (Å²) in [6.07, 6.45) is 6.88. The summed E-state index contributed by atoms with van der Waals surface area (Å²) in [6, 6.07) is 0.177. The minimum absolute atomic E-state index is 0.0851. The molecular formula is C22H36ClN5O3. The van der Waals surface area contributed by atoms with Crippen LogP contribution in [-0.4, -0.2) is 90.6 Å². The lowest BCUT2D eigenvalue weighted by atomic mass is 9.84. The Morgan fingerprint density at radius 1 is 1.16 bits per heavy atom. The van der Waals surface area contributed by atoms with Gasteiger partial charge in [0.2, 0.25) is 11.8 Å². The van der Waals surface area contributed by atoms with Crippen molar-refractivity contribution in [3.05, 3.63) is 0 Å². The molecule has 0 radical (unpaired) electrons. The van der Waals surface area contributed by atoms with Crippen LogP contribution in [0.25, 0.3) is 0 Å². The summed E-state index contributed by atoms with van der Waals surface area (Å²) < 4.78 is 5.36. The molecule has 7 unspecified atom stereocenters. The van der Waals surface area contributed by atoms with Gasteiger partial charge in [-0.05, 0) is 50.9 Å². The van der Waals surface area contributed by atoms with Crippen molar-refractivity contribution < 1.29 is 14.3 Å². The molecule has 9 heteroatoms. The van der Waals surface area contributed by atoms with Crippen molar-refractivity contribution >= 4 is 23.4 Å². The molecule has 8 nitrogen and oxygen atoms in total. The quantitative estimate of drug-likeness (QED) is 0.524. The fourth-order valence-corrected chi connectivity index (χ4v) is 6.69. The Labute approximate surface area is 189 Å². The Morgan fingerprint density at radius 2 is 1.97 bits per heavy atom. The zero-order valence-corrected chi connectivity index (χ0v) is 19.4. The van der Waals surface area contributed by atoms with Gasteiger partial charge in [-0.1, -0.05) is 0 Å². The number of carbonyl (C=O) groups is 2. The fraction of sp³-hybridized carbons (Fsp3) is 0.909. The first-order chi connectivity index (χ1) is 14.9. The van der Waals surface area contributed by atoms with Crippen molar-refractivity contribution in [2.45, 2.75) is 80.0 Å². The molecule has 174 valence electrons. The molecule has 3 N–H and O–H groups in total. The maximum Gasteiger partial charge on any atom is 0.241 e. The van der Waals surface area contributed by atoms with E-state index in [-0.39, 0.29) is 46.8 Å². The van der Waals surface area contributed by atoms with Crippen LogP contribution in [0.4, 0.5) is 0 Å². The van der Waals surface area contributed by atoms with Gasteiger partial charge in [0.25, 0.3) is 0 Å². The van der Waals surface area contributed by atoms with E-state index >= 15 is 0 Å². The van der Waals surface area contributed by atoms with E-state index in [0.717, 1.165) is 51.5 Å². The van der Waals surface area contributed by atoms with Gasteiger partial charge in [-0.2, -0.15) is 0 Å². The molecule has 2 saturated carbocycles. The third-order valence-electron chi connectivity index (χ3n) is 8.55. The summed E-state index contributed by atoms with van der Waals surface area (Å²) in [7, 11) is 3.58. The molecular weight excluding hydrogens is 418 g/mol. The highest BCUT2D eigenvalue weighted by atomic mass is 35.5. The number of hydrogen-bond acceptors (Lipinski definition) is 6. The van der Waals surface area contributed by atoms with Crippen LogP contribution in [0.2, 0.25) is 0 Å². The average Bonchev–Trinajstić information content (AvgIpc) is 3.24. The highest BCUT2D eigenvalue weighted by Crippen LogP contribution is 2.42. The first-order valence-electron chi connectivity index (χ1n) is 11.9. The Hall–Kier alpha value is -0.930. The van der Waals surface area contributed by atoms with Gasteiger partial charge in [0.1, 0.15) is 6.04 Å². The van der Waals surface area contributed by atoms with E-state index in [1.807, 2.05) is 16.8 Å². The molecule has 3 heterocycles. The molecule has 2 aliphatic carbocycles. The molecule has 5 aliphatic rings.